The summed E-state index contributed by atoms with van der Waals surface area (Å²) in [5, 5.41) is 0. The summed E-state index contributed by atoms with van der Waals surface area (Å²) in [5.41, 5.74) is 9.73. The lowest BCUT2D eigenvalue weighted by Crippen LogP contribution is -2.36. The maximum absolute atomic E-state index is 12.9. The van der Waals surface area contributed by atoms with Crippen molar-refractivity contribution in [2.75, 3.05) is 17.2 Å². The minimum absolute atomic E-state index is 0. The first-order chi connectivity index (χ1) is 10.5. The first kappa shape index (κ1) is 17.1. The van der Waals surface area contributed by atoms with Crippen LogP contribution in [-0.2, 0) is 13.5 Å². The van der Waals surface area contributed by atoms with Crippen molar-refractivity contribution in [2.24, 2.45) is 7.05 Å². The third-order valence-electron chi connectivity index (χ3n) is 4.16. The van der Waals surface area contributed by atoms with Gasteiger partial charge in [0, 0.05) is 36.7 Å². The van der Waals surface area contributed by atoms with Gasteiger partial charge in [-0.2, -0.15) is 0 Å². The van der Waals surface area contributed by atoms with E-state index in [1.54, 1.807) is 28.8 Å². The lowest BCUT2D eigenvalue weighted by atomic mass is 9.99. The van der Waals surface area contributed by atoms with E-state index in [0.717, 1.165) is 29.8 Å². The Bertz CT molecular complexity index is 767. The zero-order valence-corrected chi connectivity index (χ0v) is 14.0. The number of Topliss-reactive ketones (excluding diaryl/α,β-unsaturated/α-hetero) is 1. The minimum Gasteiger partial charge on any atom is -0.398 e. The summed E-state index contributed by atoms with van der Waals surface area (Å²) < 4.78 is 1.71. The third-order valence-corrected chi connectivity index (χ3v) is 4.16. The summed E-state index contributed by atoms with van der Waals surface area (Å²) in [6.07, 6.45) is 3.47. The van der Waals surface area contributed by atoms with Crippen molar-refractivity contribution in [3.05, 3.63) is 47.3 Å². The molecule has 1 aliphatic heterocycles. The Morgan fingerprint density at radius 3 is 2.65 bits per heavy atom. The fourth-order valence-electron chi connectivity index (χ4n) is 2.97. The van der Waals surface area contributed by atoms with Gasteiger partial charge in [-0.15, -0.1) is 12.4 Å². The molecule has 0 radical (unpaired) electrons. The number of fused-ring (bicyclic) bond motifs is 1. The molecule has 5 nitrogen and oxygen atoms in total. The Morgan fingerprint density at radius 2 is 2.00 bits per heavy atom. The fraction of sp³-hybridized carbons (Fsp3) is 0.294. The number of nitrogens with zero attached hydrogens (tertiary/aromatic N) is 2. The molecule has 0 saturated heterocycles. The van der Waals surface area contributed by atoms with Crippen molar-refractivity contribution in [2.45, 2.75) is 19.8 Å². The number of nitrogens with two attached hydrogens (primary N) is 1. The van der Waals surface area contributed by atoms with Crippen molar-refractivity contribution in [1.29, 1.82) is 0 Å². The van der Waals surface area contributed by atoms with E-state index in [2.05, 4.69) is 0 Å². The van der Waals surface area contributed by atoms with Gasteiger partial charge < -0.3 is 15.2 Å². The van der Waals surface area contributed by atoms with Gasteiger partial charge >= 0.3 is 0 Å². The molecule has 23 heavy (non-hydrogen) atoms. The third kappa shape index (κ3) is 2.97. The summed E-state index contributed by atoms with van der Waals surface area (Å²) in [7, 11) is 1.78. The number of hydrogen-bond acceptors (Lipinski definition) is 3. The highest BCUT2D eigenvalue weighted by Crippen LogP contribution is 2.32. The van der Waals surface area contributed by atoms with Crippen LogP contribution in [0, 0.1) is 0 Å². The molecule has 3 rings (SSSR count). The Kier molecular flexibility index (Phi) is 4.80. The number of nitrogen functional groups attached to an aromatic ring is 1. The topological polar surface area (TPSA) is 68.3 Å². The van der Waals surface area contributed by atoms with Crippen LogP contribution in [0.2, 0.25) is 0 Å². The van der Waals surface area contributed by atoms with E-state index in [1.807, 2.05) is 18.2 Å². The number of carbonyl (C=O) groups excluding carboxylic acids is 2. The SMILES string of the molecule is CC(=O)c1cc(C(=O)N2CCCc3c(N)cccc32)n(C)c1.Cl. The molecule has 1 amide bonds. The van der Waals surface area contributed by atoms with Gasteiger partial charge in [-0.3, -0.25) is 9.59 Å². The maximum atomic E-state index is 12.9. The number of anilines is 2. The Hall–Kier alpha value is -2.27. The molecular formula is C17H20ClN3O2. The van der Waals surface area contributed by atoms with Gasteiger partial charge in [0.25, 0.3) is 5.91 Å². The monoisotopic (exact) mass is 333 g/mol. The molecule has 1 aliphatic rings. The number of rotatable bonds is 2. The highest BCUT2D eigenvalue weighted by molar-refractivity contribution is 6.08. The van der Waals surface area contributed by atoms with E-state index in [4.69, 9.17) is 5.73 Å². The molecule has 0 saturated carbocycles. The smallest absolute Gasteiger partial charge is 0.274 e. The highest BCUT2D eigenvalue weighted by atomic mass is 35.5. The van der Waals surface area contributed by atoms with Crippen LogP contribution in [0.1, 0.15) is 39.8 Å². The molecule has 0 atom stereocenters. The van der Waals surface area contributed by atoms with Gasteiger partial charge in [-0.25, -0.2) is 0 Å². The van der Waals surface area contributed by atoms with Crippen LogP contribution in [0.5, 0.6) is 0 Å². The van der Waals surface area contributed by atoms with Gasteiger partial charge in [0.15, 0.2) is 5.78 Å². The number of aromatic nitrogens is 1. The normalized spacial score (nSPS) is 13.2. The Morgan fingerprint density at radius 1 is 1.26 bits per heavy atom. The van der Waals surface area contributed by atoms with Crippen LogP contribution in [0.4, 0.5) is 11.4 Å². The van der Waals surface area contributed by atoms with Crippen molar-refractivity contribution in [3.63, 3.8) is 0 Å². The van der Waals surface area contributed by atoms with Crippen molar-refractivity contribution >= 4 is 35.5 Å². The average molecular weight is 334 g/mol. The standard InChI is InChI=1S/C17H19N3O2.ClH/c1-11(21)12-9-16(19(2)10-12)17(22)20-8-4-5-13-14(18)6-3-7-15(13)20;/h3,6-7,9-10H,4-5,8,18H2,1-2H3;1H. The summed E-state index contributed by atoms with van der Waals surface area (Å²) >= 11 is 0. The number of ketones is 1. The molecule has 0 bridgehead atoms. The van der Waals surface area contributed by atoms with Gasteiger partial charge in [-0.05, 0) is 43.5 Å². The van der Waals surface area contributed by atoms with Gasteiger partial charge in [0.2, 0.25) is 0 Å². The van der Waals surface area contributed by atoms with Gasteiger partial charge in [0.1, 0.15) is 5.69 Å². The molecule has 122 valence electrons. The van der Waals surface area contributed by atoms with Crippen LogP contribution in [-0.4, -0.2) is 22.8 Å². The molecule has 1 aromatic heterocycles. The second-order valence-electron chi connectivity index (χ2n) is 5.69. The summed E-state index contributed by atoms with van der Waals surface area (Å²) in [4.78, 5) is 26.1. The number of aryl methyl sites for hydroxylation is 1. The average Bonchev–Trinajstić information content (AvgIpc) is 2.89. The largest absolute Gasteiger partial charge is 0.398 e. The molecule has 0 fully saturated rings. The van der Waals surface area contributed by atoms with Crippen LogP contribution in [0.15, 0.2) is 30.5 Å². The summed E-state index contributed by atoms with van der Waals surface area (Å²) in [5.74, 6) is -0.139. The quantitative estimate of drug-likeness (QED) is 0.678. The van der Waals surface area contributed by atoms with Crippen molar-refractivity contribution in [3.8, 4) is 0 Å². The molecule has 0 unspecified atom stereocenters. The first-order valence-electron chi connectivity index (χ1n) is 7.35. The van der Waals surface area contributed by atoms with E-state index in [1.165, 1.54) is 6.92 Å². The van der Waals surface area contributed by atoms with Crippen molar-refractivity contribution in [1.82, 2.24) is 4.57 Å². The highest BCUT2D eigenvalue weighted by Gasteiger charge is 2.26. The molecule has 0 aliphatic carbocycles. The number of carbonyl (C=O) groups is 2. The molecule has 0 spiro atoms. The van der Waals surface area contributed by atoms with Crippen LogP contribution in [0.25, 0.3) is 0 Å². The number of halogens is 1. The molecule has 2 heterocycles. The van der Waals surface area contributed by atoms with E-state index in [0.29, 0.717) is 17.8 Å². The maximum Gasteiger partial charge on any atom is 0.274 e. The van der Waals surface area contributed by atoms with E-state index in [-0.39, 0.29) is 24.1 Å². The van der Waals surface area contributed by atoms with Gasteiger partial charge in [0.05, 0.1) is 0 Å². The minimum atomic E-state index is -0.0958. The van der Waals surface area contributed by atoms with Crippen LogP contribution >= 0.6 is 12.4 Å². The summed E-state index contributed by atoms with van der Waals surface area (Å²) in [6, 6.07) is 7.32. The van der Waals surface area contributed by atoms with E-state index < -0.39 is 0 Å². The molecule has 6 heteroatoms. The summed E-state index contributed by atoms with van der Waals surface area (Å²) in [6.45, 7) is 2.16. The number of benzene rings is 1. The second kappa shape index (κ2) is 6.46. The zero-order chi connectivity index (χ0) is 15.9. The van der Waals surface area contributed by atoms with Crippen LogP contribution < -0.4 is 10.6 Å². The fourth-order valence-corrected chi connectivity index (χ4v) is 2.97. The van der Waals surface area contributed by atoms with E-state index >= 15 is 0 Å². The lowest BCUT2D eigenvalue weighted by molar-refractivity contribution is 0.0976. The molecule has 2 aromatic rings. The molecule has 1 aromatic carbocycles. The predicted molar refractivity (Wildman–Crippen MR) is 93.5 cm³/mol. The lowest BCUT2D eigenvalue weighted by Gasteiger charge is -2.30. The molecule has 2 N–H and O–H groups in total. The van der Waals surface area contributed by atoms with E-state index in [9.17, 15) is 9.59 Å². The van der Waals surface area contributed by atoms with Gasteiger partial charge in [-0.1, -0.05) is 6.07 Å². The predicted octanol–water partition coefficient (Wildman–Crippen LogP) is 2.82. The number of hydrogen-bond donors (Lipinski definition) is 1. The van der Waals surface area contributed by atoms with Crippen molar-refractivity contribution < 1.29 is 9.59 Å². The Balaban J connectivity index is 0.00000192. The second-order valence-corrected chi connectivity index (χ2v) is 5.69. The number of amides is 1. The molecular weight excluding hydrogens is 314 g/mol. The zero-order valence-electron chi connectivity index (χ0n) is 13.2. The van der Waals surface area contributed by atoms with Crippen LogP contribution in [0.3, 0.4) is 0 Å². The Labute approximate surface area is 141 Å². The first-order valence-corrected chi connectivity index (χ1v) is 7.35.